The monoisotopic (exact) mass is 367 g/mol. The third kappa shape index (κ3) is 6.22. The van der Waals surface area contributed by atoms with E-state index in [0.29, 0.717) is 23.8 Å². The van der Waals surface area contributed by atoms with Crippen molar-refractivity contribution in [3.63, 3.8) is 0 Å². The number of rotatable bonds is 8. The lowest BCUT2D eigenvalue weighted by atomic mass is 10.1. The van der Waals surface area contributed by atoms with Gasteiger partial charge in [0, 0.05) is 12.6 Å². The minimum Gasteiger partial charge on any atom is -0.348 e. The third-order valence-corrected chi connectivity index (χ3v) is 4.76. The van der Waals surface area contributed by atoms with E-state index in [-0.39, 0.29) is 18.4 Å². The number of benzene rings is 2. The second-order valence-electron chi connectivity index (χ2n) is 6.93. The van der Waals surface area contributed by atoms with E-state index in [0.717, 1.165) is 12.0 Å². The number of carbonyl (C=O) groups is 2. The van der Waals surface area contributed by atoms with Crippen LogP contribution >= 0.6 is 0 Å². The molecule has 0 bridgehead atoms. The zero-order chi connectivity index (χ0) is 19.8. The molecule has 2 aromatic rings. The number of amides is 2. The SMILES string of the molecule is CCC(C)N(C)CC(=O)Nc1ccccc1C(=O)NCc1ccc(C)cc1. The normalized spacial score (nSPS) is 11.9. The molecule has 0 radical (unpaired) electrons. The van der Waals surface area contributed by atoms with Crippen molar-refractivity contribution in [3.8, 4) is 0 Å². The first-order valence-corrected chi connectivity index (χ1v) is 9.33. The zero-order valence-electron chi connectivity index (χ0n) is 16.6. The molecule has 0 aliphatic heterocycles. The van der Waals surface area contributed by atoms with Crippen molar-refractivity contribution in [2.75, 3.05) is 18.9 Å². The number of aryl methyl sites for hydroxylation is 1. The standard InChI is InChI=1S/C22H29N3O2/c1-5-17(3)25(4)15-21(26)24-20-9-7-6-8-19(20)22(27)23-14-18-12-10-16(2)11-13-18/h6-13,17H,5,14-15H2,1-4H3,(H,23,27)(H,24,26). The molecule has 2 aromatic carbocycles. The summed E-state index contributed by atoms with van der Waals surface area (Å²) in [4.78, 5) is 26.9. The Morgan fingerprint density at radius 2 is 1.74 bits per heavy atom. The number of likely N-dealkylation sites (N-methyl/N-ethyl adjacent to an activating group) is 1. The van der Waals surface area contributed by atoms with Gasteiger partial charge in [-0.15, -0.1) is 0 Å². The zero-order valence-corrected chi connectivity index (χ0v) is 16.6. The molecule has 5 heteroatoms. The summed E-state index contributed by atoms with van der Waals surface area (Å²) in [6.45, 7) is 6.93. The van der Waals surface area contributed by atoms with Crippen LogP contribution < -0.4 is 10.6 Å². The fraction of sp³-hybridized carbons (Fsp3) is 0.364. The molecule has 0 aliphatic carbocycles. The molecular formula is C22H29N3O2. The van der Waals surface area contributed by atoms with Gasteiger partial charge in [-0.1, -0.05) is 48.9 Å². The molecule has 1 atom stereocenters. The molecule has 5 nitrogen and oxygen atoms in total. The van der Waals surface area contributed by atoms with Crippen LogP contribution in [0, 0.1) is 6.92 Å². The highest BCUT2D eigenvalue weighted by molar-refractivity contribution is 6.04. The van der Waals surface area contributed by atoms with Gasteiger partial charge in [-0.2, -0.15) is 0 Å². The van der Waals surface area contributed by atoms with Gasteiger partial charge in [-0.3, -0.25) is 14.5 Å². The van der Waals surface area contributed by atoms with Gasteiger partial charge in [-0.25, -0.2) is 0 Å². The van der Waals surface area contributed by atoms with Crippen molar-refractivity contribution in [1.82, 2.24) is 10.2 Å². The number of para-hydroxylation sites is 1. The second kappa shape index (κ2) is 9.88. The molecule has 1 unspecified atom stereocenters. The van der Waals surface area contributed by atoms with Crippen LogP contribution in [0.1, 0.15) is 41.8 Å². The van der Waals surface area contributed by atoms with Crippen molar-refractivity contribution < 1.29 is 9.59 Å². The fourth-order valence-corrected chi connectivity index (χ4v) is 2.66. The Labute approximate surface area is 161 Å². The minimum atomic E-state index is -0.207. The van der Waals surface area contributed by atoms with E-state index in [4.69, 9.17) is 0 Å². The van der Waals surface area contributed by atoms with E-state index in [9.17, 15) is 9.59 Å². The quantitative estimate of drug-likeness (QED) is 0.749. The summed E-state index contributed by atoms with van der Waals surface area (Å²) in [7, 11) is 1.92. The molecule has 0 saturated heterocycles. The molecule has 27 heavy (non-hydrogen) atoms. The number of anilines is 1. The maximum absolute atomic E-state index is 12.6. The van der Waals surface area contributed by atoms with Crippen LogP contribution in [0.5, 0.6) is 0 Å². The van der Waals surface area contributed by atoms with Crippen LogP contribution in [0.2, 0.25) is 0 Å². The average molecular weight is 367 g/mol. The van der Waals surface area contributed by atoms with Crippen LogP contribution in [0.4, 0.5) is 5.69 Å². The summed E-state index contributed by atoms with van der Waals surface area (Å²) in [6, 6.07) is 15.4. The predicted octanol–water partition coefficient (Wildman–Crippen LogP) is 3.59. The highest BCUT2D eigenvalue weighted by atomic mass is 16.2. The maximum Gasteiger partial charge on any atom is 0.253 e. The van der Waals surface area contributed by atoms with Crippen molar-refractivity contribution in [1.29, 1.82) is 0 Å². The summed E-state index contributed by atoms with van der Waals surface area (Å²) in [5, 5.41) is 5.78. The summed E-state index contributed by atoms with van der Waals surface area (Å²) in [5.41, 5.74) is 3.21. The van der Waals surface area contributed by atoms with E-state index < -0.39 is 0 Å². The second-order valence-corrected chi connectivity index (χ2v) is 6.93. The van der Waals surface area contributed by atoms with E-state index in [2.05, 4.69) is 24.5 Å². The van der Waals surface area contributed by atoms with Gasteiger partial charge >= 0.3 is 0 Å². The van der Waals surface area contributed by atoms with Crippen LogP contribution in [0.15, 0.2) is 48.5 Å². The van der Waals surface area contributed by atoms with E-state index in [1.54, 1.807) is 18.2 Å². The molecule has 0 aromatic heterocycles. The van der Waals surface area contributed by atoms with Gasteiger partial charge in [0.25, 0.3) is 5.91 Å². The van der Waals surface area contributed by atoms with Gasteiger partial charge in [0.1, 0.15) is 0 Å². The smallest absolute Gasteiger partial charge is 0.253 e. The van der Waals surface area contributed by atoms with E-state index >= 15 is 0 Å². The highest BCUT2D eigenvalue weighted by Gasteiger charge is 2.15. The van der Waals surface area contributed by atoms with E-state index in [1.165, 1.54) is 5.56 Å². The lowest BCUT2D eigenvalue weighted by molar-refractivity contribution is -0.117. The third-order valence-electron chi connectivity index (χ3n) is 4.76. The number of nitrogens with one attached hydrogen (secondary N) is 2. The van der Waals surface area contributed by atoms with Crippen LogP contribution in [-0.4, -0.2) is 36.3 Å². The van der Waals surface area contributed by atoms with Crippen molar-refractivity contribution in [3.05, 3.63) is 65.2 Å². The maximum atomic E-state index is 12.6. The minimum absolute atomic E-state index is 0.128. The van der Waals surface area contributed by atoms with Crippen LogP contribution in [-0.2, 0) is 11.3 Å². The van der Waals surface area contributed by atoms with Gasteiger partial charge < -0.3 is 10.6 Å². The van der Waals surface area contributed by atoms with Crippen LogP contribution in [0.25, 0.3) is 0 Å². The summed E-state index contributed by atoms with van der Waals surface area (Å²) < 4.78 is 0. The molecular weight excluding hydrogens is 338 g/mol. The van der Waals surface area contributed by atoms with Gasteiger partial charge in [-0.05, 0) is 45.0 Å². The Hall–Kier alpha value is -2.66. The topological polar surface area (TPSA) is 61.4 Å². The molecule has 2 rings (SSSR count). The molecule has 2 amide bonds. The summed E-state index contributed by atoms with van der Waals surface area (Å²) in [6.07, 6.45) is 0.974. The summed E-state index contributed by atoms with van der Waals surface area (Å²) >= 11 is 0. The van der Waals surface area contributed by atoms with Gasteiger partial charge in [0.05, 0.1) is 17.8 Å². The first-order valence-electron chi connectivity index (χ1n) is 9.33. The molecule has 2 N–H and O–H groups in total. The molecule has 0 fully saturated rings. The Bertz CT molecular complexity index is 771. The number of carbonyl (C=O) groups excluding carboxylic acids is 2. The lowest BCUT2D eigenvalue weighted by Gasteiger charge is -2.23. The summed E-state index contributed by atoms with van der Waals surface area (Å²) in [5.74, 6) is -0.335. The molecule has 0 spiro atoms. The molecule has 0 aliphatic rings. The number of nitrogens with zero attached hydrogens (tertiary/aromatic N) is 1. The van der Waals surface area contributed by atoms with E-state index in [1.807, 2.05) is 49.2 Å². The average Bonchev–Trinajstić information content (AvgIpc) is 2.66. The molecule has 0 saturated carbocycles. The number of hydrogen-bond donors (Lipinski definition) is 2. The Morgan fingerprint density at radius 1 is 1.07 bits per heavy atom. The largest absolute Gasteiger partial charge is 0.348 e. The lowest BCUT2D eigenvalue weighted by Crippen LogP contribution is -2.36. The Balaban J connectivity index is 2.00. The first-order chi connectivity index (χ1) is 12.9. The van der Waals surface area contributed by atoms with Crippen molar-refractivity contribution in [2.45, 2.75) is 39.8 Å². The Morgan fingerprint density at radius 3 is 2.41 bits per heavy atom. The fourth-order valence-electron chi connectivity index (χ4n) is 2.66. The first kappa shape index (κ1) is 20.6. The van der Waals surface area contributed by atoms with Crippen LogP contribution in [0.3, 0.4) is 0 Å². The highest BCUT2D eigenvalue weighted by Crippen LogP contribution is 2.15. The van der Waals surface area contributed by atoms with Crippen molar-refractivity contribution in [2.24, 2.45) is 0 Å². The molecule has 0 heterocycles. The molecule has 144 valence electrons. The number of hydrogen-bond acceptors (Lipinski definition) is 3. The van der Waals surface area contributed by atoms with Gasteiger partial charge in [0.15, 0.2) is 0 Å². The predicted molar refractivity (Wildman–Crippen MR) is 110 cm³/mol. The van der Waals surface area contributed by atoms with Crippen molar-refractivity contribution >= 4 is 17.5 Å². The van der Waals surface area contributed by atoms with Gasteiger partial charge in [0.2, 0.25) is 5.91 Å². The Kier molecular flexibility index (Phi) is 7.55.